The molecule has 1 saturated heterocycles. The van der Waals surface area contributed by atoms with Crippen LogP contribution in [0.2, 0.25) is 0 Å². The molecule has 1 aromatic carbocycles. The summed E-state index contributed by atoms with van der Waals surface area (Å²) in [4.78, 5) is 17.6. The first-order chi connectivity index (χ1) is 12.7. The monoisotopic (exact) mass is 371 g/mol. The fourth-order valence-electron chi connectivity index (χ4n) is 4.16. The highest BCUT2D eigenvalue weighted by atomic mass is 32.1. The molecule has 0 radical (unpaired) electrons. The van der Waals surface area contributed by atoms with E-state index >= 15 is 0 Å². The number of fused-ring (bicyclic) bond motifs is 1. The number of amides is 1. The van der Waals surface area contributed by atoms with Gasteiger partial charge in [0.1, 0.15) is 11.5 Å². The first-order valence-corrected chi connectivity index (χ1v) is 10.2. The Bertz CT molecular complexity index is 790. The predicted molar refractivity (Wildman–Crippen MR) is 104 cm³/mol. The molecule has 1 aromatic heterocycles. The van der Waals surface area contributed by atoms with E-state index in [0.29, 0.717) is 0 Å². The molecule has 26 heavy (non-hydrogen) atoms. The van der Waals surface area contributed by atoms with E-state index in [1.807, 2.05) is 23.1 Å². The molecule has 4 nitrogen and oxygen atoms in total. The summed E-state index contributed by atoms with van der Waals surface area (Å²) in [6.07, 6.45) is 6.73. The van der Waals surface area contributed by atoms with Crippen LogP contribution in [0.25, 0.3) is 0 Å². The van der Waals surface area contributed by atoms with E-state index in [-0.39, 0.29) is 11.9 Å². The van der Waals surface area contributed by atoms with Gasteiger partial charge < -0.3 is 14.4 Å². The Labute approximate surface area is 158 Å². The quantitative estimate of drug-likeness (QED) is 0.787. The van der Waals surface area contributed by atoms with Gasteiger partial charge in [-0.3, -0.25) is 4.79 Å². The number of hydrogen-bond acceptors (Lipinski definition) is 4. The van der Waals surface area contributed by atoms with Crippen molar-refractivity contribution in [2.45, 2.75) is 44.6 Å². The molecule has 0 bridgehead atoms. The molecule has 1 aliphatic heterocycles. The standard InChI is InChI=1S/C21H25NO3S/c1-24-15-9-10-16(18(13-15)25-2)17-7-5-11-22(17)21(23)20-12-14-6-3-4-8-19(14)26-20/h9-10,12-13,17H,3-8,11H2,1-2H3/t17-/m1/s1. The van der Waals surface area contributed by atoms with Crippen molar-refractivity contribution in [3.8, 4) is 11.5 Å². The summed E-state index contributed by atoms with van der Waals surface area (Å²) in [5.41, 5.74) is 2.46. The molecule has 1 aliphatic carbocycles. The van der Waals surface area contributed by atoms with E-state index in [1.165, 1.54) is 23.3 Å². The highest BCUT2D eigenvalue weighted by Crippen LogP contribution is 2.40. The van der Waals surface area contributed by atoms with Gasteiger partial charge in [0.05, 0.1) is 25.1 Å². The zero-order valence-electron chi connectivity index (χ0n) is 15.4. The Hall–Kier alpha value is -2.01. The third kappa shape index (κ3) is 3.09. The van der Waals surface area contributed by atoms with Crippen LogP contribution in [0.5, 0.6) is 11.5 Å². The lowest BCUT2D eigenvalue weighted by atomic mass is 9.99. The second kappa shape index (κ2) is 7.31. The average Bonchev–Trinajstić information content (AvgIpc) is 3.33. The van der Waals surface area contributed by atoms with Crippen LogP contribution in [0, 0.1) is 0 Å². The highest BCUT2D eigenvalue weighted by Gasteiger charge is 2.33. The van der Waals surface area contributed by atoms with Crippen LogP contribution < -0.4 is 9.47 Å². The molecular weight excluding hydrogens is 346 g/mol. The molecule has 0 N–H and O–H groups in total. The van der Waals surface area contributed by atoms with Crippen LogP contribution in [-0.2, 0) is 12.8 Å². The van der Waals surface area contributed by atoms with Gasteiger partial charge in [-0.15, -0.1) is 11.3 Å². The maximum atomic E-state index is 13.2. The van der Waals surface area contributed by atoms with Crippen LogP contribution in [0.1, 0.15) is 57.4 Å². The molecule has 0 unspecified atom stereocenters. The number of ether oxygens (including phenoxy) is 2. The topological polar surface area (TPSA) is 38.8 Å². The van der Waals surface area contributed by atoms with Crippen molar-refractivity contribution in [2.75, 3.05) is 20.8 Å². The second-order valence-electron chi connectivity index (χ2n) is 7.03. The van der Waals surface area contributed by atoms with Gasteiger partial charge in [0, 0.05) is 23.1 Å². The number of nitrogens with zero attached hydrogens (tertiary/aromatic N) is 1. The van der Waals surface area contributed by atoms with Crippen molar-refractivity contribution in [3.05, 3.63) is 45.1 Å². The minimum absolute atomic E-state index is 0.0717. The van der Waals surface area contributed by atoms with E-state index in [4.69, 9.17) is 9.47 Å². The number of thiophene rings is 1. The zero-order valence-corrected chi connectivity index (χ0v) is 16.2. The Balaban J connectivity index is 1.62. The van der Waals surface area contributed by atoms with Crippen molar-refractivity contribution in [1.82, 2.24) is 4.90 Å². The minimum Gasteiger partial charge on any atom is -0.497 e. The highest BCUT2D eigenvalue weighted by molar-refractivity contribution is 7.14. The molecule has 0 saturated carbocycles. The van der Waals surface area contributed by atoms with Crippen molar-refractivity contribution >= 4 is 17.2 Å². The summed E-state index contributed by atoms with van der Waals surface area (Å²) in [5.74, 6) is 1.73. The van der Waals surface area contributed by atoms with Crippen LogP contribution in [0.4, 0.5) is 0 Å². The summed E-state index contributed by atoms with van der Waals surface area (Å²) >= 11 is 1.70. The fourth-order valence-corrected chi connectivity index (χ4v) is 5.37. The number of carbonyl (C=O) groups is 1. The molecule has 2 heterocycles. The molecule has 1 fully saturated rings. The lowest BCUT2D eigenvalue weighted by molar-refractivity contribution is 0.0739. The first kappa shape index (κ1) is 17.4. The van der Waals surface area contributed by atoms with Gasteiger partial charge >= 0.3 is 0 Å². The molecule has 4 rings (SSSR count). The number of hydrogen-bond donors (Lipinski definition) is 0. The molecule has 5 heteroatoms. The van der Waals surface area contributed by atoms with Gasteiger partial charge in [0.25, 0.3) is 5.91 Å². The van der Waals surface area contributed by atoms with Gasteiger partial charge in [0.2, 0.25) is 0 Å². The summed E-state index contributed by atoms with van der Waals surface area (Å²) in [7, 11) is 3.32. The van der Waals surface area contributed by atoms with Gasteiger partial charge in [-0.1, -0.05) is 0 Å². The van der Waals surface area contributed by atoms with Crippen LogP contribution in [-0.4, -0.2) is 31.6 Å². The molecule has 0 spiro atoms. The Morgan fingerprint density at radius 2 is 1.96 bits per heavy atom. The summed E-state index contributed by atoms with van der Waals surface area (Å²) in [6.45, 7) is 0.807. The smallest absolute Gasteiger partial charge is 0.264 e. The van der Waals surface area contributed by atoms with Crippen molar-refractivity contribution in [1.29, 1.82) is 0 Å². The lowest BCUT2D eigenvalue weighted by Crippen LogP contribution is -2.30. The molecular formula is C21H25NO3S. The Morgan fingerprint density at radius 1 is 1.12 bits per heavy atom. The number of aryl methyl sites for hydroxylation is 2. The number of likely N-dealkylation sites (tertiary alicyclic amines) is 1. The van der Waals surface area contributed by atoms with Crippen molar-refractivity contribution in [3.63, 3.8) is 0 Å². The van der Waals surface area contributed by atoms with Gasteiger partial charge in [-0.2, -0.15) is 0 Å². The Morgan fingerprint density at radius 3 is 2.73 bits per heavy atom. The SMILES string of the molecule is COc1ccc([C@H]2CCCN2C(=O)c2cc3c(s2)CCCC3)c(OC)c1. The number of methoxy groups -OCH3 is 2. The molecule has 2 aliphatic rings. The normalized spacial score (nSPS) is 19.3. The molecule has 1 amide bonds. The van der Waals surface area contributed by atoms with Crippen molar-refractivity contribution < 1.29 is 14.3 Å². The molecule has 138 valence electrons. The second-order valence-corrected chi connectivity index (χ2v) is 8.17. The minimum atomic E-state index is 0.0717. The lowest BCUT2D eigenvalue weighted by Gasteiger charge is -2.26. The van der Waals surface area contributed by atoms with E-state index in [9.17, 15) is 4.79 Å². The van der Waals surface area contributed by atoms with Crippen LogP contribution in [0.15, 0.2) is 24.3 Å². The predicted octanol–water partition coefficient (Wildman–Crippen LogP) is 4.62. The van der Waals surface area contributed by atoms with E-state index < -0.39 is 0 Å². The molecule has 2 aromatic rings. The number of rotatable bonds is 4. The third-order valence-electron chi connectivity index (χ3n) is 5.52. The maximum absolute atomic E-state index is 13.2. The Kier molecular flexibility index (Phi) is 4.90. The first-order valence-electron chi connectivity index (χ1n) is 9.35. The number of carbonyl (C=O) groups excluding carboxylic acids is 1. The van der Waals surface area contributed by atoms with Gasteiger partial charge in [-0.25, -0.2) is 0 Å². The summed E-state index contributed by atoms with van der Waals surface area (Å²) in [6, 6.07) is 8.10. The van der Waals surface area contributed by atoms with Crippen LogP contribution in [0.3, 0.4) is 0 Å². The largest absolute Gasteiger partial charge is 0.497 e. The zero-order chi connectivity index (χ0) is 18.1. The van der Waals surface area contributed by atoms with E-state index in [2.05, 4.69) is 6.07 Å². The fraction of sp³-hybridized carbons (Fsp3) is 0.476. The van der Waals surface area contributed by atoms with E-state index in [1.54, 1.807) is 25.6 Å². The van der Waals surface area contributed by atoms with Gasteiger partial charge in [0.15, 0.2) is 0 Å². The van der Waals surface area contributed by atoms with Gasteiger partial charge in [-0.05, 0) is 62.3 Å². The van der Waals surface area contributed by atoms with E-state index in [0.717, 1.165) is 54.2 Å². The maximum Gasteiger partial charge on any atom is 0.264 e. The third-order valence-corrected chi connectivity index (χ3v) is 6.75. The van der Waals surface area contributed by atoms with Crippen LogP contribution >= 0.6 is 11.3 Å². The molecule has 1 atom stereocenters. The van der Waals surface area contributed by atoms with Crippen molar-refractivity contribution in [2.24, 2.45) is 0 Å². The number of benzene rings is 1. The summed E-state index contributed by atoms with van der Waals surface area (Å²) < 4.78 is 10.9. The summed E-state index contributed by atoms with van der Waals surface area (Å²) in [5, 5.41) is 0. The average molecular weight is 372 g/mol.